The van der Waals surface area contributed by atoms with Crippen LogP contribution in [0.4, 0.5) is 4.39 Å². The van der Waals surface area contributed by atoms with Gasteiger partial charge in [0.25, 0.3) is 0 Å². The van der Waals surface area contributed by atoms with Gasteiger partial charge in [0.1, 0.15) is 5.82 Å². The highest BCUT2D eigenvalue weighted by Gasteiger charge is 2.14. The van der Waals surface area contributed by atoms with Crippen molar-refractivity contribution in [1.82, 2.24) is 5.32 Å². The monoisotopic (exact) mass is 359 g/mol. The molecule has 0 aliphatic heterocycles. The molecule has 0 saturated heterocycles. The molecule has 5 nitrogen and oxygen atoms in total. The summed E-state index contributed by atoms with van der Waals surface area (Å²) in [7, 11) is 3.10. The number of Topliss-reactive ketones (excluding diaryl/α,β-unsaturated/α-hetero) is 1. The molecule has 0 spiro atoms. The summed E-state index contributed by atoms with van der Waals surface area (Å²) in [5.74, 6) is 0.363. The largest absolute Gasteiger partial charge is 0.493 e. The molecule has 0 bridgehead atoms. The van der Waals surface area contributed by atoms with E-state index in [1.54, 1.807) is 26.4 Å². The third-order valence-corrected chi connectivity index (χ3v) is 4.03. The molecule has 1 amide bonds. The van der Waals surface area contributed by atoms with Crippen LogP contribution >= 0.6 is 0 Å². The summed E-state index contributed by atoms with van der Waals surface area (Å²) in [6, 6.07) is 10.5. The summed E-state index contributed by atoms with van der Waals surface area (Å²) in [4.78, 5) is 24.2. The maximum absolute atomic E-state index is 12.9. The lowest BCUT2D eigenvalue weighted by Crippen LogP contribution is -2.27. The highest BCUT2D eigenvalue weighted by molar-refractivity contribution is 5.97. The Kier molecular flexibility index (Phi) is 6.72. The first-order valence-corrected chi connectivity index (χ1v) is 8.24. The van der Waals surface area contributed by atoms with Gasteiger partial charge < -0.3 is 14.8 Å². The minimum absolute atomic E-state index is 0.0633. The Bertz CT molecular complexity index is 774. The van der Waals surface area contributed by atoms with Crippen molar-refractivity contribution in [2.45, 2.75) is 25.8 Å². The first-order chi connectivity index (χ1) is 12.4. The summed E-state index contributed by atoms with van der Waals surface area (Å²) in [5, 5.41) is 2.85. The van der Waals surface area contributed by atoms with Crippen LogP contribution < -0.4 is 14.8 Å². The highest BCUT2D eigenvalue weighted by Crippen LogP contribution is 2.29. The first-order valence-electron chi connectivity index (χ1n) is 8.24. The molecule has 2 aromatic carbocycles. The third kappa shape index (κ3) is 5.05. The van der Waals surface area contributed by atoms with Gasteiger partial charge in [-0.25, -0.2) is 4.39 Å². The lowest BCUT2D eigenvalue weighted by Gasteiger charge is -2.16. The van der Waals surface area contributed by atoms with Gasteiger partial charge in [-0.15, -0.1) is 0 Å². The predicted molar refractivity (Wildman–Crippen MR) is 96.1 cm³/mol. The normalized spacial score (nSPS) is 11.5. The molecular weight excluding hydrogens is 337 g/mol. The quantitative estimate of drug-likeness (QED) is 0.730. The topological polar surface area (TPSA) is 64.6 Å². The van der Waals surface area contributed by atoms with Crippen LogP contribution in [-0.2, 0) is 4.79 Å². The van der Waals surface area contributed by atoms with Crippen LogP contribution in [0.5, 0.6) is 11.5 Å². The molecule has 1 N–H and O–H groups in total. The van der Waals surface area contributed by atoms with Gasteiger partial charge in [-0.1, -0.05) is 6.07 Å². The van der Waals surface area contributed by atoms with Crippen LogP contribution in [-0.4, -0.2) is 25.9 Å². The van der Waals surface area contributed by atoms with Crippen molar-refractivity contribution in [2.24, 2.45) is 0 Å². The molecule has 0 fully saturated rings. The minimum Gasteiger partial charge on any atom is -0.493 e. The zero-order valence-electron chi connectivity index (χ0n) is 15.0. The maximum Gasteiger partial charge on any atom is 0.220 e. The Morgan fingerprint density at radius 1 is 1.00 bits per heavy atom. The van der Waals surface area contributed by atoms with Crippen LogP contribution in [0.15, 0.2) is 42.5 Å². The Morgan fingerprint density at radius 3 is 2.27 bits per heavy atom. The van der Waals surface area contributed by atoms with Gasteiger partial charge in [-0.05, 0) is 48.9 Å². The lowest BCUT2D eigenvalue weighted by atomic mass is 10.1. The molecule has 0 aromatic heterocycles. The summed E-state index contributed by atoms with van der Waals surface area (Å²) in [6.07, 6.45) is 0.129. The van der Waals surface area contributed by atoms with E-state index in [4.69, 9.17) is 9.47 Å². The molecule has 26 heavy (non-hydrogen) atoms. The molecule has 6 heteroatoms. The third-order valence-electron chi connectivity index (χ3n) is 4.03. The second-order valence-corrected chi connectivity index (χ2v) is 5.83. The predicted octanol–water partition coefficient (Wildman–Crippen LogP) is 3.68. The zero-order chi connectivity index (χ0) is 19.1. The molecule has 2 rings (SSSR count). The number of carbonyl (C=O) groups is 2. The van der Waals surface area contributed by atoms with Gasteiger partial charge in [0, 0.05) is 18.4 Å². The molecule has 138 valence electrons. The van der Waals surface area contributed by atoms with Gasteiger partial charge in [-0.3, -0.25) is 9.59 Å². The van der Waals surface area contributed by atoms with E-state index >= 15 is 0 Å². The number of amides is 1. The van der Waals surface area contributed by atoms with Crippen molar-refractivity contribution in [1.29, 1.82) is 0 Å². The van der Waals surface area contributed by atoms with E-state index < -0.39 is 5.82 Å². The van der Waals surface area contributed by atoms with E-state index in [0.29, 0.717) is 17.1 Å². The zero-order valence-corrected chi connectivity index (χ0v) is 15.0. The average molecular weight is 359 g/mol. The fraction of sp³-hybridized carbons (Fsp3) is 0.300. The van der Waals surface area contributed by atoms with Crippen LogP contribution in [0.3, 0.4) is 0 Å². The van der Waals surface area contributed by atoms with Gasteiger partial charge in [0.2, 0.25) is 5.91 Å². The smallest absolute Gasteiger partial charge is 0.220 e. The SMILES string of the molecule is COc1ccc(C(C)NC(=O)CCC(=O)c2ccc(F)cc2)cc1OC. The fourth-order valence-corrected chi connectivity index (χ4v) is 2.53. The molecule has 0 aliphatic rings. The molecule has 0 heterocycles. The summed E-state index contributed by atoms with van der Waals surface area (Å²) < 4.78 is 23.3. The van der Waals surface area contributed by atoms with Gasteiger partial charge in [0.15, 0.2) is 17.3 Å². The van der Waals surface area contributed by atoms with E-state index in [2.05, 4.69) is 5.32 Å². The van der Waals surface area contributed by atoms with Crippen LogP contribution in [0, 0.1) is 5.82 Å². The van der Waals surface area contributed by atoms with E-state index in [0.717, 1.165) is 5.56 Å². The van der Waals surface area contributed by atoms with E-state index in [1.807, 2.05) is 13.0 Å². The molecule has 0 radical (unpaired) electrons. The number of methoxy groups -OCH3 is 2. The number of benzene rings is 2. The van der Waals surface area contributed by atoms with Crippen LogP contribution in [0.25, 0.3) is 0 Å². The standard InChI is InChI=1S/C20H22FNO4/c1-13(15-6-10-18(25-2)19(12-15)26-3)22-20(24)11-9-17(23)14-4-7-16(21)8-5-14/h4-8,10,12-13H,9,11H2,1-3H3,(H,22,24). The van der Waals surface area contributed by atoms with E-state index in [9.17, 15) is 14.0 Å². The molecule has 1 atom stereocenters. The number of ketones is 1. The Labute approximate surface area is 152 Å². The Balaban J connectivity index is 1.90. The number of ether oxygens (including phenoxy) is 2. The Morgan fingerprint density at radius 2 is 1.65 bits per heavy atom. The Hall–Kier alpha value is -2.89. The number of hydrogen-bond donors (Lipinski definition) is 1. The number of hydrogen-bond acceptors (Lipinski definition) is 4. The second-order valence-electron chi connectivity index (χ2n) is 5.83. The maximum atomic E-state index is 12.9. The molecular formula is C20H22FNO4. The summed E-state index contributed by atoms with van der Waals surface area (Å²) in [5.41, 5.74) is 1.26. The second kappa shape index (κ2) is 8.99. The number of carbonyl (C=O) groups excluding carboxylic acids is 2. The van der Waals surface area contributed by atoms with Crippen molar-refractivity contribution in [3.63, 3.8) is 0 Å². The first kappa shape index (κ1) is 19.4. The van der Waals surface area contributed by atoms with E-state index in [-0.39, 0.29) is 30.6 Å². The number of rotatable bonds is 8. The van der Waals surface area contributed by atoms with Crippen molar-refractivity contribution < 1.29 is 23.5 Å². The summed E-state index contributed by atoms with van der Waals surface area (Å²) in [6.45, 7) is 1.85. The number of halogens is 1. The fourth-order valence-electron chi connectivity index (χ4n) is 2.53. The van der Waals surface area contributed by atoms with E-state index in [1.165, 1.54) is 24.3 Å². The number of nitrogens with one attached hydrogen (secondary N) is 1. The van der Waals surface area contributed by atoms with Gasteiger partial charge in [0.05, 0.1) is 20.3 Å². The minimum atomic E-state index is -0.400. The lowest BCUT2D eigenvalue weighted by molar-refractivity contribution is -0.121. The van der Waals surface area contributed by atoms with Crippen molar-refractivity contribution in [3.05, 3.63) is 59.4 Å². The van der Waals surface area contributed by atoms with Crippen molar-refractivity contribution >= 4 is 11.7 Å². The molecule has 1 unspecified atom stereocenters. The average Bonchev–Trinajstić information content (AvgIpc) is 2.65. The molecule has 0 saturated carbocycles. The molecule has 2 aromatic rings. The van der Waals surface area contributed by atoms with Gasteiger partial charge in [-0.2, -0.15) is 0 Å². The van der Waals surface area contributed by atoms with Crippen molar-refractivity contribution in [2.75, 3.05) is 14.2 Å². The van der Waals surface area contributed by atoms with Gasteiger partial charge >= 0.3 is 0 Å². The molecule has 0 aliphatic carbocycles. The summed E-state index contributed by atoms with van der Waals surface area (Å²) >= 11 is 0. The van der Waals surface area contributed by atoms with Crippen LogP contribution in [0.1, 0.15) is 41.7 Å². The van der Waals surface area contributed by atoms with Crippen LogP contribution in [0.2, 0.25) is 0 Å². The highest BCUT2D eigenvalue weighted by atomic mass is 19.1. The van der Waals surface area contributed by atoms with Crippen molar-refractivity contribution in [3.8, 4) is 11.5 Å².